The van der Waals surface area contributed by atoms with Crippen LogP contribution in [0.3, 0.4) is 0 Å². The number of para-hydroxylation sites is 1. The highest BCUT2D eigenvalue weighted by atomic mass is 35.5. The van der Waals surface area contributed by atoms with Crippen molar-refractivity contribution in [2.75, 3.05) is 37.6 Å². The highest BCUT2D eigenvalue weighted by Gasteiger charge is 2.31. The maximum absolute atomic E-state index is 13.0. The Kier molecular flexibility index (Phi) is 8.25. The summed E-state index contributed by atoms with van der Waals surface area (Å²) in [7, 11) is 0. The van der Waals surface area contributed by atoms with E-state index in [1.807, 2.05) is 29.2 Å². The lowest BCUT2D eigenvalue weighted by Crippen LogP contribution is -2.47. The largest absolute Gasteiger partial charge is 0.416 e. The molecule has 1 saturated heterocycles. The fourth-order valence-electron chi connectivity index (χ4n) is 4.27. The van der Waals surface area contributed by atoms with Gasteiger partial charge in [-0.05, 0) is 24.3 Å². The van der Waals surface area contributed by atoms with Crippen molar-refractivity contribution >= 4 is 52.3 Å². The molecular weight excluding hydrogens is 502 g/mol. The third-order valence-corrected chi connectivity index (χ3v) is 6.13. The normalized spacial score (nSPS) is 14.5. The Morgan fingerprint density at radius 2 is 1.60 bits per heavy atom. The van der Waals surface area contributed by atoms with E-state index in [0.29, 0.717) is 55.9 Å². The van der Waals surface area contributed by atoms with Gasteiger partial charge in [-0.2, -0.15) is 13.2 Å². The van der Waals surface area contributed by atoms with E-state index >= 15 is 0 Å². The zero-order valence-corrected chi connectivity index (χ0v) is 20.2. The van der Waals surface area contributed by atoms with Gasteiger partial charge in [0.05, 0.1) is 28.3 Å². The predicted molar refractivity (Wildman–Crippen MR) is 136 cm³/mol. The molecule has 0 unspecified atom stereocenters. The van der Waals surface area contributed by atoms with Crippen LogP contribution in [0.1, 0.15) is 5.56 Å². The lowest BCUT2D eigenvalue weighted by atomic mass is 10.1. The van der Waals surface area contributed by atoms with Crippen molar-refractivity contribution < 1.29 is 13.2 Å². The number of halogens is 5. The Morgan fingerprint density at radius 3 is 2.34 bits per heavy atom. The minimum Gasteiger partial charge on any atom is -0.369 e. The monoisotopic (exact) mass is 525 g/mol. The zero-order valence-electron chi connectivity index (χ0n) is 18.6. The van der Waals surface area contributed by atoms with Crippen LogP contribution in [0, 0.1) is 0 Å². The molecular formula is C24H24Cl2F3N5O. The first-order valence-corrected chi connectivity index (χ1v) is 10.8. The molecule has 6 nitrogen and oxygen atoms in total. The van der Waals surface area contributed by atoms with Gasteiger partial charge in [-0.15, -0.1) is 24.8 Å². The molecule has 0 amide bonds. The third-order valence-electron chi connectivity index (χ3n) is 6.13. The van der Waals surface area contributed by atoms with E-state index in [1.165, 1.54) is 12.1 Å². The van der Waals surface area contributed by atoms with Gasteiger partial charge in [0.2, 0.25) is 0 Å². The number of piperazine rings is 1. The molecule has 5 rings (SSSR count). The maximum atomic E-state index is 13.0. The van der Waals surface area contributed by atoms with Gasteiger partial charge >= 0.3 is 6.18 Å². The van der Waals surface area contributed by atoms with E-state index in [-0.39, 0.29) is 30.4 Å². The molecule has 186 valence electrons. The number of rotatable bonds is 4. The lowest BCUT2D eigenvalue weighted by Gasteiger charge is -2.36. The Labute approximate surface area is 212 Å². The first-order chi connectivity index (χ1) is 15.9. The number of fused-ring (bicyclic) bond motifs is 3. The minimum absolute atomic E-state index is 0. The van der Waals surface area contributed by atoms with Crippen molar-refractivity contribution in [3.8, 4) is 0 Å². The van der Waals surface area contributed by atoms with Crippen LogP contribution in [0.4, 0.5) is 18.9 Å². The molecule has 2 aromatic carbocycles. The van der Waals surface area contributed by atoms with E-state index in [4.69, 9.17) is 0 Å². The highest BCUT2D eigenvalue weighted by molar-refractivity contribution is 6.02. The van der Waals surface area contributed by atoms with Gasteiger partial charge in [0.1, 0.15) is 0 Å². The molecule has 0 saturated carbocycles. The number of hydrogen-bond acceptors (Lipinski definition) is 5. The van der Waals surface area contributed by atoms with Gasteiger partial charge in [-0.25, -0.2) is 4.98 Å². The van der Waals surface area contributed by atoms with Gasteiger partial charge in [0, 0.05) is 56.5 Å². The fraction of sp³-hybridized carbons (Fsp3) is 0.292. The maximum Gasteiger partial charge on any atom is 0.416 e. The van der Waals surface area contributed by atoms with Gasteiger partial charge in [-0.1, -0.05) is 24.3 Å². The van der Waals surface area contributed by atoms with Crippen molar-refractivity contribution in [1.82, 2.24) is 19.4 Å². The van der Waals surface area contributed by atoms with Gasteiger partial charge in [0.15, 0.2) is 0 Å². The average Bonchev–Trinajstić information content (AvgIpc) is 2.83. The Bertz CT molecular complexity index is 1370. The van der Waals surface area contributed by atoms with Crippen LogP contribution in [0.2, 0.25) is 0 Å². The molecule has 2 aromatic heterocycles. The van der Waals surface area contributed by atoms with Crippen molar-refractivity contribution in [1.29, 1.82) is 0 Å². The summed E-state index contributed by atoms with van der Waals surface area (Å²) < 4.78 is 40.6. The number of pyridine rings is 1. The Morgan fingerprint density at radius 1 is 0.857 bits per heavy atom. The lowest BCUT2D eigenvalue weighted by molar-refractivity contribution is -0.137. The predicted octanol–water partition coefficient (Wildman–Crippen LogP) is 4.63. The van der Waals surface area contributed by atoms with Crippen LogP contribution in [0.25, 0.3) is 21.8 Å². The second-order valence-corrected chi connectivity index (χ2v) is 8.16. The first kappa shape index (κ1) is 26.7. The fourth-order valence-corrected chi connectivity index (χ4v) is 4.27. The molecule has 0 bridgehead atoms. The van der Waals surface area contributed by atoms with Gasteiger partial charge < -0.3 is 4.90 Å². The van der Waals surface area contributed by atoms with Crippen LogP contribution in [0.5, 0.6) is 0 Å². The Balaban J connectivity index is 0.00000171. The van der Waals surface area contributed by atoms with Gasteiger partial charge in [-0.3, -0.25) is 19.2 Å². The van der Waals surface area contributed by atoms with Crippen molar-refractivity contribution in [2.24, 2.45) is 0 Å². The molecule has 0 aliphatic carbocycles. The summed E-state index contributed by atoms with van der Waals surface area (Å²) in [5.74, 6) is 0. The summed E-state index contributed by atoms with van der Waals surface area (Å²) in [4.78, 5) is 26.0. The van der Waals surface area contributed by atoms with E-state index in [0.717, 1.165) is 17.0 Å². The molecule has 0 atom stereocenters. The zero-order chi connectivity index (χ0) is 23.0. The van der Waals surface area contributed by atoms with E-state index < -0.39 is 11.7 Å². The molecule has 1 aliphatic heterocycles. The molecule has 0 N–H and O–H groups in total. The number of nitrogens with zero attached hydrogens (tertiary/aromatic N) is 5. The first-order valence-electron chi connectivity index (χ1n) is 10.8. The second-order valence-electron chi connectivity index (χ2n) is 8.16. The van der Waals surface area contributed by atoms with E-state index in [1.54, 1.807) is 23.2 Å². The van der Waals surface area contributed by atoms with Crippen molar-refractivity contribution in [3.63, 3.8) is 0 Å². The molecule has 11 heteroatoms. The van der Waals surface area contributed by atoms with Crippen LogP contribution in [-0.4, -0.2) is 52.2 Å². The van der Waals surface area contributed by atoms with Crippen LogP contribution in [-0.2, 0) is 12.7 Å². The number of benzene rings is 2. The summed E-state index contributed by atoms with van der Waals surface area (Å²) in [6.07, 6.45) is -1.19. The number of hydrogen-bond donors (Lipinski definition) is 0. The molecule has 1 fully saturated rings. The molecule has 35 heavy (non-hydrogen) atoms. The summed E-state index contributed by atoms with van der Waals surface area (Å²) in [6, 6.07) is 13.0. The summed E-state index contributed by atoms with van der Waals surface area (Å²) in [5, 5.41) is 1.34. The standard InChI is InChI=1S/C24H22F3N5O.2ClH/c25-24(26,27)17-4-3-5-18(14-17)31-11-8-30(9-12-31)10-13-32-16-29-22-19-6-1-2-7-21(19)28-15-20(22)23(32)33;;/h1-7,14-16H,8-13H2;2*1H. The topological polar surface area (TPSA) is 54.3 Å². The average molecular weight is 526 g/mol. The number of alkyl halides is 3. The van der Waals surface area contributed by atoms with Crippen molar-refractivity contribution in [3.05, 3.63) is 77.0 Å². The smallest absolute Gasteiger partial charge is 0.369 e. The minimum atomic E-state index is -4.35. The van der Waals surface area contributed by atoms with E-state index in [2.05, 4.69) is 14.9 Å². The molecule has 0 radical (unpaired) electrons. The number of anilines is 1. The van der Waals surface area contributed by atoms with Crippen LogP contribution < -0.4 is 10.5 Å². The number of aromatic nitrogens is 3. The van der Waals surface area contributed by atoms with Gasteiger partial charge in [0.25, 0.3) is 5.56 Å². The summed E-state index contributed by atoms with van der Waals surface area (Å²) >= 11 is 0. The van der Waals surface area contributed by atoms with Crippen molar-refractivity contribution in [2.45, 2.75) is 12.7 Å². The third kappa shape index (κ3) is 5.52. The Hall–Kier alpha value is -2.88. The molecule has 4 aromatic rings. The molecule has 3 heterocycles. The van der Waals surface area contributed by atoms with Crippen LogP contribution in [0.15, 0.2) is 65.8 Å². The molecule has 1 aliphatic rings. The summed E-state index contributed by atoms with van der Waals surface area (Å²) in [5.41, 5.74) is 1.28. The highest BCUT2D eigenvalue weighted by Crippen LogP contribution is 2.31. The summed E-state index contributed by atoms with van der Waals surface area (Å²) in [6.45, 7) is 3.81. The quantitative estimate of drug-likeness (QED) is 0.363. The van der Waals surface area contributed by atoms with Crippen LogP contribution >= 0.6 is 24.8 Å². The second kappa shape index (κ2) is 10.8. The van der Waals surface area contributed by atoms with E-state index in [9.17, 15) is 18.0 Å². The molecule has 0 spiro atoms. The SMILES string of the molecule is Cl.Cl.O=c1c2cnc3ccccc3c2ncn1CCN1CCN(c2cccc(C(F)(F)F)c2)CC1.